The minimum absolute atomic E-state index is 0.489. The van der Waals surface area contributed by atoms with Gasteiger partial charge in [-0.2, -0.15) is 0 Å². The molecule has 0 aromatic carbocycles. The number of rotatable bonds is 8. The van der Waals surface area contributed by atoms with Crippen molar-refractivity contribution < 1.29 is 4.74 Å². The molecule has 1 aromatic heterocycles. The van der Waals surface area contributed by atoms with Crippen LogP contribution >= 0.6 is 0 Å². The largest absolute Gasteiger partial charge is 0.477 e. The first kappa shape index (κ1) is 16.0. The molecule has 0 unspecified atom stereocenters. The van der Waals surface area contributed by atoms with Crippen LogP contribution in [0.4, 0.5) is 0 Å². The summed E-state index contributed by atoms with van der Waals surface area (Å²) in [5.74, 6) is 1.29. The molecule has 0 atom stereocenters. The second kappa shape index (κ2) is 8.16. The molecule has 1 heterocycles. The van der Waals surface area contributed by atoms with Crippen molar-refractivity contribution in [1.29, 1.82) is 0 Å². The van der Waals surface area contributed by atoms with E-state index >= 15 is 0 Å². The van der Waals surface area contributed by atoms with Crippen LogP contribution in [0.5, 0.6) is 5.88 Å². The quantitative estimate of drug-likeness (QED) is 0.779. The van der Waals surface area contributed by atoms with E-state index in [0.29, 0.717) is 12.0 Å². The molecule has 0 fully saturated rings. The van der Waals surface area contributed by atoms with Gasteiger partial charge >= 0.3 is 0 Å². The van der Waals surface area contributed by atoms with Crippen LogP contribution < -0.4 is 10.1 Å². The number of pyridine rings is 1. The van der Waals surface area contributed by atoms with E-state index in [9.17, 15) is 0 Å². The number of aryl methyl sites for hydroxylation is 1. The molecule has 0 saturated heterocycles. The molecule has 0 bridgehead atoms. The molecule has 0 saturated carbocycles. The van der Waals surface area contributed by atoms with Gasteiger partial charge in [-0.25, -0.2) is 4.98 Å². The molecule has 0 aliphatic rings. The number of ether oxygens (including phenoxy) is 1. The fourth-order valence-corrected chi connectivity index (χ4v) is 1.75. The topological polar surface area (TPSA) is 34.1 Å². The zero-order valence-corrected chi connectivity index (χ0v) is 13.0. The van der Waals surface area contributed by atoms with Crippen LogP contribution in [0.3, 0.4) is 0 Å². The van der Waals surface area contributed by atoms with E-state index in [4.69, 9.17) is 4.74 Å². The molecule has 3 nitrogen and oxygen atoms in total. The van der Waals surface area contributed by atoms with Crippen molar-refractivity contribution in [3.05, 3.63) is 23.4 Å². The summed E-state index contributed by atoms with van der Waals surface area (Å²) >= 11 is 0. The van der Waals surface area contributed by atoms with Crippen molar-refractivity contribution in [2.75, 3.05) is 6.61 Å². The van der Waals surface area contributed by atoms with Crippen molar-refractivity contribution in [2.24, 2.45) is 5.92 Å². The van der Waals surface area contributed by atoms with E-state index in [2.05, 4.69) is 57.1 Å². The van der Waals surface area contributed by atoms with Crippen LogP contribution in [-0.2, 0) is 13.0 Å². The van der Waals surface area contributed by atoms with Gasteiger partial charge in [0.05, 0.1) is 6.61 Å². The van der Waals surface area contributed by atoms with Gasteiger partial charge in [0.1, 0.15) is 0 Å². The monoisotopic (exact) mass is 264 g/mol. The lowest BCUT2D eigenvalue weighted by atomic mass is 10.1. The van der Waals surface area contributed by atoms with Gasteiger partial charge in [0.2, 0.25) is 5.88 Å². The minimum Gasteiger partial charge on any atom is -0.477 e. The standard InChI is InChI=1S/C16H28N2O/c1-6-7-15-8-14(10-17-13(4)5)9-16(18-15)19-11-12(2)3/h8-9,12-13,17H,6-7,10-11H2,1-5H3. The number of hydrogen-bond acceptors (Lipinski definition) is 3. The predicted molar refractivity (Wildman–Crippen MR) is 80.5 cm³/mol. The summed E-state index contributed by atoms with van der Waals surface area (Å²) in [6.07, 6.45) is 2.12. The van der Waals surface area contributed by atoms with E-state index < -0.39 is 0 Å². The zero-order valence-electron chi connectivity index (χ0n) is 13.0. The molecule has 1 rings (SSSR count). The maximum Gasteiger partial charge on any atom is 0.213 e. The van der Waals surface area contributed by atoms with Crippen LogP contribution in [0, 0.1) is 5.92 Å². The highest BCUT2D eigenvalue weighted by Gasteiger charge is 2.05. The Kier molecular flexibility index (Phi) is 6.85. The first-order valence-electron chi connectivity index (χ1n) is 7.37. The van der Waals surface area contributed by atoms with Gasteiger partial charge in [-0.05, 0) is 24.0 Å². The Morgan fingerprint density at radius 3 is 2.53 bits per heavy atom. The Morgan fingerprint density at radius 1 is 1.21 bits per heavy atom. The lowest BCUT2D eigenvalue weighted by Gasteiger charge is -2.13. The van der Waals surface area contributed by atoms with Crippen molar-refractivity contribution >= 4 is 0 Å². The Bertz CT molecular complexity index is 345. The molecule has 0 aliphatic heterocycles. The SMILES string of the molecule is CCCc1cc(CNC(C)C)cc(OCC(C)C)n1. The van der Waals surface area contributed by atoms with E-state index in [-0.39, 0.29) is 0 Å². The molecule has 1 N–H and O–H groups in total. The van der Waals surface area contributed by atoms with Crippen molar-refractivity contribution in [3.8, 4) is 5.88 Å². The van der Waals surface area contributed by atoms with Crippen LogP contribution in [0.2, 0.25) is 0 Å². The van der Waals surface area contributed by atoms with Crippen molar-refractivity contribution in [1.82, 2.24) is 10.3 Å². The van der Waals surface area contributed by atoms with Gasteiger partial charge in [-0.1, -0.05) is 41.0 Å². The highest BCUT2D eigenvalue weighted by molar-refractivity contribution is 5.25. The normalized spacial score (nSPS) is 11.3. The van der Waals surface area contributed by atoms with Crippen LogP contribution in [0.1, 0.15) is 52.3 Å². The predicted octanol–water partition coefficient (Wildman–Crippen LogP) is 3.57. The van der Waals surface area contributed by atoms with Crippen molar-refractivity contribution in [3.63, 3.8) is 0 Å². The third-order valence-corrected chi connectivity index (χ3v) is 2.70. The smallest absolute Gasteiger partial charge is 0.213 e. The van der Waals surface area contributed by atoms with Crippen LogP contribution in [0.25, 0.3) is 0 Å². The van der Waals surface area contributed by atoms with Gasteiger partial charge in [0.15, 0.2) is 0 Å². The number of hydrogen-bond donors (Lipinski definition) is 1. The fourth-order valence-electron chi connectivity index (χ4n) is 1.75. The van der Waals surface area contributed by atoms with E-state index in [1.54, 1.807) is 0 Å². The molecular weight excluding hydrogens is 236 g/mol. The van der Waals surface area contributed by atoms with Gasteiger partial charge in [0.25, 0.3) is 0 Å². The second-order valence-electron chi connectivity index (χ2n) is 5.80. The number of aromatic nitrogens is 1. The molecular formula is C16H28N2O. The molecule has 1 aromatic rings. The maximum atomic E-state index is 5.76. The van der Waals surface area contributed by atoms with Crippen LogP contribution in [0.15, 0.2) is 12.1 Å². The summed E-state index contributed by atoms with van der Waals surface area (Å²) in [6.45, 7) is 12.4. The molecule has 19 heavy (non-hydrogen) atoms. The summed E-state index contributed by atoms with van der Waals surface area (Å²) in [6, 6.07) is 4.72. The highest BCUT2D eigenvalue weighted by Crippen LogP contribution is 2.15. The third kappa shape index (κ3) is 6.58. The summed E-state index contributed by atoms with van der Waals surface area (Å²) in [7, 11) is 0. The first-order valence-corrected chi connectivity index (χ1v) is 7.37. The number of nitrogens with one attached hydrogen (secondary N) is 1. The minimum atomic E-state index is 0.489. The van der Waals surface area contributed by atoms with Gasteiger partial charge in [-0.15, -0.1) is 0 Å². The third-order valence-electron chi connectivity index (χ3n) is 2.70. The van der Waals surface area contributed by atoms with Gasteiger partial charge < -0.3 is 10.1 Å². The summed E-state index contributed by atoms with van der Waals surface area (Å²) in [5, 5.41) is 3.44. The molecule has 0 spiro atoms. The highest BCUT2D eigenvalue weighted by atomic mass is 16.5. The van der Waals surface area contributed by atoms with Crippen molar-refractivity contribution in [2.45, 2.75) is 60.0 Å². The first-order chi connectivity index (χ1) is 9.01. The molecule has 3 heteroatoms. The Hall–Kier alpha value is -1.09. The molecule has 0 radical (unpaired) electrons. The number of nitrogens with zero attached hydrogens (tertiary/aromatic N) is 1. The average molecular weight is 264 g/mol. The Morgan fingerprint density at radius 2 is 1.95 bits per heavy atom. The van der Waals surface area contributed by atoms with Gasteiger partial charge in [-0.3, -0.25) is 0 Å². The zero-order chi connectivity index (χ0) is 14.3. The summed E-state index contributed by atoms with van der Waals surface area (Å²) in [4.78, 5) is 4.57. The fraction of sp³-hybridized carbons (Fsp3) is 0.688. The summed E-state index contributed by atoms with van der Waals surface area (Å²) < 4.78 is 5.76. The van der Waals surface area contributed by atoms with E-state index in [0.717, 1.165) is 37.6 Å². The molecule has 0 aliphatic carbocycles. The average Bonchev–Trinajstić information content (AvgIpc) is 2.34. The second-order valence-corrected chi connectivity index (χ2v) is 5.80. The summed E-state index contributed by atoms with van der Waals surface area (Å²) in [5.41, 5.74) is 2.38. The molecule has 108 valence electrons. The Balaban J connectivity index is 2.77. The Labute approximate surface area is 117 Å². The van der Waals surface area contributed by atoms with E-state index in [1.165, 1.54) is 5.56 Å². The van der Waals surface area contributed by atoms with E-state index in [1.807, 2.05) is 0 Å². The lowest BCUT2D eigenvalue weighted by molar-refractivity contribution is 0.260. The molecule has 0 amide bonds. The maximum absolute atomic E-state index is 5.76. The van der Waals surface area contributed by atoms with Crippen LogP contribution in [-0.4, -0.2) is 17.6 Å². The van der Waals surface area contributed by atoms with Gasteiger partial charge in [0, 0.05) is 24.3 Å². The lowest BCUT2D eigenvalue weighted by Crippen LogP contribution is -2.22.